The van der Waals surface area contributed by atoms with Gasteiger partial charge in [0.1, 0.15) is 11.4 Å². The summed E-state index contributed by atoms with van der Waals surface area (Å²) >= 11 is 2.03. The van der Waals surface area contributed by atoms with Gasteiger partial charge in [0.2, 0.25) is 0 Å². The molecule has 0 unspecified atom stereocenters. The number of amides is 2. The molecule has 208 valence electrons. The zero-order valence-corrected chi connectivity index (χ0v) is 24.2. The van der Waals surface area contributed by atoms with Crippen LogP contribution in [0.1, 0.15) is 36.8 Å². The minimum Gasteiger partial charge on any atom is -0.495 e. The molecule has 2 amide bonds. The van der Waals surface area contributed by atoms with Gasteiger partial charge in [-0.1, -0.05) is 63.2 Å². The smallest absolute Gasteiger partial charge is 0.323 e. The number of benzene rings is 3. The second-order valence-corrected chi connectivity index (χ2v) is 11.6. The number of methoxy groups -OCH3 is 1. The van der Waals surface area contributed by atoms with Crippen LogP contribution in [0.5, 0.6) is 5.75 Å². The highest BCUT2D eigenvalue weighted by Crippen LogP contribution is 2.34. The quantitative estimate of drug-likeness (QED) is 0.230. The van der Waals surface area contributed by atoms with Gasteiger partial charge in [-0.05, 0) is 46.2 Å². The van der Waals surface area contributed by atoms with Gasteiger partial charge in [-0.15, -0.1) is 0 Å². The van der Waals surface area contributed by atoms with Crippen molar-refractivity contribution in [1.29, 1.82) is 0 Å². The Morgan fingerprint density at radius 1 is 0.950 bits per heavy atom. The fraction of sp³-hybridized carbons (Fsp3) is 0.281. The van der Waals surface area contributed by atoms with E-state index in [1.807, 2.05) is 72.4 Å². The summed E-state index contributed by atoms with van der Waals surface area (Å²) in [4.78, 5) is 28.1. The summed E-state index contributed by atoms with van der Waals surface area (Å²) in [5.74, 6) is 3.20. The van der Waals surface area contributed by atoms with Gasteiger partial charge in [0.15, 0.2) is 6.29 Å². The molecule has 1 fully saturated rings. The Kier molecular flexibility index (Phi) is 9.79. The monoisotopic (exact) mass is 556 g/mol. The highest BCUT2D eigenvalue weighted by molar-refractivity contribution is 7.99. The van der Waals surface area contributed by atoms with E-state index in [4.69, 9.17) is 4.74 Å². The third-order valence-electron chi connectivity index (χ3n) is 6.55. The van der Waals surface area contributed by atoms with Gasteiger partial charge in [-0.3, -0.25) is 9.78 Å². The van der Waals surface area contributed by atoms with Crippen LogP contribution in [0, 0.1) is 0 Å². The predicted octanol–water partition coefficient (Wildman–Crippen LogP) is 6.99. The Morgan fingerprint density at radius 3 is 2.25 bits per heavy atom. The lowest BCUT2D eigenvalue weighted by Crippen LogP contribution is -2.24. The summed E-state index contributed by atoms with van der Waals surface area (Å²) in [5.41, 5.74) is 4.55. The topological polar surface area (TPSA) is 92.4 Å². The highest BCUT2D eigenvalue weighted by atomic mass is 32.2. The predicted molar refractivity (Wildman–Crippen MR) is 167 cm³/mol. The van der Waals surface area contributed by atoms with E-state index in [2.05, 4.69) is 41.7 Å². The van der Waals surface area contributed by atoms with Crippen molar-refractivity contribution < 1.29 is 14.3 Å². The summed E-state index contributed by atoms with van der Waals surface area (Å²) in [6, 6.07) is 20.7. The molecule has 0 saturated carbocycles. The lowest BCUT2D eigenvalue weighted by Gasteiger charge is -2.21. The van der Waals surface area contributed by atoms with Crippen LogP contribution in [0.4, 0.5) is 16.2 Å². The van der Waals surface area contributed by atoms with E-state index < -0.39 is 0 Å². The molecule has 0 atom stereocenters. The third-order valence-corrected chi connectivity index (χ3v) is 7.54. The Hall–Kier alpha value is -3.88. The number of hydrogen-bond acceptors (Lipinski definition) is 6. The van der Waals surface area contributed by atoms with E-state index in [1.165, 1.54) is 24.6 Å². The van der Waals surface area contributed by atoms with Crippen LogP contribution in [0.2, 0.25) is 0 Å². The molecule has 1 aliphatic heterocycles. The SMILES string of the molecule is C1CSCCN1.COc1ccc(C(C)(C)C)cc1NC(=O)Nc1ccc(-c2ccc(C=O)nc2)c2ccccc12. The zero-order valence-electron chi connectivity index (χ0n) is 23.4. The summed E-state index contributed by atoms with van der Waals surface area (Å²) in [7, 11) is 1.58. The van der Waals surface area contributed by atoms with Gasteiger partial charge in [0, 0.05) is 41.7 Å². The van der Waals surface area contributed by atoms with Crippen molar-refractivity contribution in [2.75, 3.05) is 42.3 Å². The van der Waals surface area contributed by atoms with Crippen LogP contribution < -0.4 is 20.7 Å². The van der Waals surface area contributed by atoms with E-state index in [9.17, 15) is 9.59 Å². The van der Waals surface area contributed by atoms with E-state index >= 15 is 0 Å². The molecule has 2 heterocycles. The number of ether oxygens (including phenoxy) is 1. The number of thioether (sulfide) groups is 1. The first-order valence-electron chi connectivity index (χ1n) is 13.3. The molecule has 0 aliphatic carbocycles. The average molecular weight is 557 g/mol. The maximum Gasteiger partial charge on any atom is 0.323 e. The van der Waals surface area contributed by atoms with E-state index in [0.29, 0.717) is 22.8 Å². The summed E-state index contributed by atoms with van der Waals surface area (Å²) in [6.45, 7) is 8.78. The number of rotatable bonds is 5. The van der Waals surface area contributed by atoms with Gasteiger partial charge in [-0.2, -0.15) is 11.8 Å². The van der Waals surface area contributed by atoms with E-state index in [0.717, 1.165) is 33.7 Å². The summed E-state index contributed by atoms with van der Waals surface area (Å²) in [5, 5.41) is 11.0. The van der Waals surface area contributed by atoms with E-state index in [1.54, 1.807) is 19.4 Å². The first kappa shape index (κ1) is 29.1. The molecule has 0 radical (unpaired) electrons. The van der Waals surface area contributed by atoms with Crippen molar-refractivity contribution in [1.82, 2.24) is 10.3 Å². The molecular weight excluding hydrogens is 520 g/mol. The molecule has 4 aromatic rings. The van der Waals surface area contributed by atoms with Crippen molar-refractivity contribution in [3.8, 4) is 16.9 Å². The number of fused-ring (bicyclic) bond motifs is 1. The Labute approximate surface area is 240 Å². The second kappa shape index (κ2) is 13.5. The molecule has 7 nitrogen and oxygen atoms in total. The Morgan fingerprint density at radius 2 is 1.68 bits per heavy atom. The molecule has 5 rings (SSSR count). The minimum atomic E-state index is -0.362. The van der Waals surface area contributed by atoms with Crippen LogP contribution in [0.25, 0.3) is 21.9 Å². The fourth-order valence-corrected chi connectivity index (χ4v) is 5.14. The first-order chi connectivity index (χ1) is 19.3. The number of urea groups is 1. The van der Waals surface area contributed by atoms with Crippen LogP contribution in [-0.4, -0.2) is 49.0 Å². The highest BCUT2D eigenvalue weighted by Gasteiger charge is 2.17. The molecule has 8 heteroatoms. The normalized spacial score (nSPS) is 13.1. The number of nitrogens with zero attached hydrogens (tertiary/aromatic N) is 1. The van der Waals surface area contributed by atoms with Gasteiger partial charge >= 0.3 is 6.03 Å². The summed E-state index contributed by atoms with van der Waals surface area (Å²) in [6.07, 6.45) is 2.40. The number of carbonyl (C=O) groups is 2. The zero-order chi connectivity index (χ0) is 28.5. The molecule has 1 aromatic heterocycles. The number of aromatic nitrogens is 1. The molecule has 0 bridgehead atoms. The van der Waals surface area contributed by atoms with E-state index in [-0.39, 0.29) is 11.4 Å². The third kappa shape index (κ3) is 7.40. The lowest BCUT2D eigenvalue weighted by atomic mass is 9.87. The summed E-state index contributed by atoms with van der Waals surface area (Å²) < 4.78 is 5.45. The van der Waals surface area contributed by atoms with Gasteiger partial charge < -0.3 is 20.7 Å². The van der Waals surface area contributed by atoms with Crippen molar-refractivity contribution >= 4 is 46.2 Å². The molecule has 40 heavy (non-hydrogen) atoms. The van der Waals surface area contributed by atoms with Crippen molar-refractivity contribution in [2.45, 2.75) is 26.2 Å². The molecule has 0 spiro atoms. The fourth-order valence-electron chi connectivity index (χ4n) is 4.36. The van der Waals surface area contributed by atoms with Crippen LogP contribution >= 0.6 is 11.8 Å². The number of pyridine rings is 1. The van der Waals surface area contributed by atoms with Gasteiger partial charge in [0.05, 0.1) is 18.5 Å². The maximum atomic E-state index is 13.0. The number of hydrogen-bond donors (Lipinski definition) is 3. The van der Waals surface area contributed by atoms with Crippen molar-refractivity contribution in [3.05, 3.63) is 84.2 Å². The average Bonchev–Trinajstić information content (AvgIpc) is 2.98. The van der Waals surface area contributed by atoms with Crippen LogP contribution in [0.3, 0.4) is 0 Å². The Balaban J connectivity index is 0.000000546. The molecule has 1 saturated heterocycles. The Bertz CT molecular complexity index is 1450. The lowest BCUT2D eigenvalue weighted by molar-refractivity contribution is 0.111. The number of aldehydes is 1. The first-order valence-corrected chi connectivity index (χ1v) is 14.4. The van der Waals surface area contributed by atoms with Crippen LogP contribution in [-0.2, 0) is 5.41 Å². The molecule has 3 N–H and O–H groups in total. The number of anilines is 2. The standard InChI is InChI=1S/C28H27N3O3.C4H9NS/c1-28(2,3)19-10-14-26(34-4)25(15-19)31-27(33)30-24-13-12-21(22-7-5-6-8-23(22)24)18-9-11-20(17-32)29-16-18;1-3-6-4-2-5-1/h5-17H,1-4H3,(H2,30,31,33);5H,1-4H2. The van der Waals surface area contributed by atoms with Crippen LogP contribution in [0.15, 0.2) is 72.9 Å². The largest absolute Gasteiger partial charge is 0.495 e. The second-order valence-electron chi connectivity index (χ2n) is 10.4. The van der Waals surface area contributed by atoms with Crippen molar-refractivity contribution in [3.63, 3.8) is 0 Å². The number of nitrogens with one attached hydrogen (secondary N) is 3. The molecule has 3 aromatic carbocycles. The molecule has 1 aliphatic rings. The number of carbonyl (C=O) groups excluding carboxylic acids is 2. The van der Waals surface area contributed by atoms with Gasteiger partial charge in [-0.25, -0.2) is 4.79 Å². The van der Waals surface area contributed by atoms with Gasteiger partial charge in [0.25, 0.3) is 0 Å². The van der Waals surface area contributed by atoms with Crippen molar-refractivity contribution in [2.24, 2.45) is 0 Å². The maximum absolute atomic E-state index is 13.0. The molecular formula is C32H36N4O3S. The minimum absolute atomic E-state index is 0.0655.